The number of carbonyl (C=O) groups is 2. The summed E-state index contributed by atoms with van der Waals surface area (Å²) in [6, 6.07) is 16.1. The Bertz CT molecular complexity index is 1090. The van der Waals surface area contributed by atoms with E-state index in [9.17, 15) is 9.59 Å². The number of carbonyl (C=O) groups excluding carboxylic acids is 2. The van der Waals surface area contributed by atoms with Gasteiger partial charge in [-0.15, -0.1) is 0 Å². The van der Waals surface area contributed by atoms with E-state index in [4.69, 9.17) is 16.3 Å². The minimum Gasteiger partial charge on any atom is -0.455 e. The first-order chi connectivity index (χ1) is 15.1. The SMILES string of the molecule is O=C(CCNC(=O)N1Cc2ccccc2Oc2ccc(Cl)cc21)NCc1ccncc1. The van der Waals surface area contributed by atoms with E-state index in [2.05, 4.69) is 15.6 Å². The topological polar surface area (TPSA) is 83.6 Å². The number of urea groups is 1. The van der Waals surface area contributed by atoms with Crippen LogP contribution in [-0.2, 0) is 17.9 Å². The second kappa shape index (κ2) is 9.49. The summed E-state index contributed by atoms with van der Waals surface area (Å²) in [5.74, 6) is 1.08. The minimum absolute atomic E-state index is 0.148. The van der Waals surface area contributed by atoms with Crippen LogP contribution in [0.4, 0.5) is 10.5 Å². The van der Waals surface area contributed by atoms with Crippen LogP contribution in [0.2, 0.25) is 5.02 Å². The summed E-state index contributed by atoms with van der Waals surface area (Å²) in [4.78, 5) is 30.6. The van der Waals surface area contributed by atoms with E-state index in [1.165, 1.54) is 0 Å². The van der Waals surface area contributed by atoms with Gasteiger partial charge in [0, 0.05) is 42.5 Å². The summed E-state index contributed by atoms with van der Waals surface area (Å²) in [5, 5.41) is 6.15. The lowest BCUT2D eigenvalue weighted by Crippen LogP contribution is -2.41. The fourth-order valence-corrected chi connectivity index (χ4v) is 3.41. The van der Waals surface area contributed by atoms with E-state index in [1.807, 2.05) is 36.4 Å². The van der Waals surface area contributed by atoms with E-state index in [1.54, 1.807) is 35.5 Å². The average molecular weight is 437 g/mol. The van der Waals surface area contributed by atoms with Gasteiger partial charge < -0.3 is 15.4 Å². The Morgan fingerprint density at radius 2 is 1.84 bits per heavy atom. The summed E-state index contributed by atoms with van der Waals surface area (Å²) in [5.41, 5.74) is 2.41. The molecule has 2 N–H and O–H groups in total. The van der Waals surface area contributed by atoms with E-state index >= 15 is 0 Å². The highest BCUT2D eigenvalue weighted by molar-refractivity contribution is 6.31. The monoisotopic (exact) mass is 436 g/mol. The highest BCUT2D eigenvalue weighted by Crippen LogP contribution is 2.40. The molecule has 0 saturated heterocycles. The Kier molecular flexibility index (Phi) is 6.33. The van der Waals surface area contributed by atoms with Gasteiger partial charge in [0.1, 0.15) is 5.75 Å². The fourth-order valence-electron chi connectivity index (χ4n) is 3.25. The second-order valence-electron chi connectivity index (χ2n) is 7.02. The number of ether oxygens (including phenoxy) is 1. The molecule has 0 unspecified atom stereocenters. The zero-order chi connectivity index (χ0) is 21.6. The third-order valence-corrected chi connectivity index (χ3v) is 5.08. The maximum Gasteiger partial charge on any atom is 0.322 e. The number of nitrogens with zero attached hydrogens (tertiary/aromatic N) is 2. The number of nitrogens with one attached hydrogen (secondary N) is 2. The third kappa shape index (κ3) is 5.13. The number of amides is 3. The van der Waals surface area contributed by atoms with Gasteiger partial charge in [-0.05, 0) is 42.0 Å². The first-order valence-electron chi connectivity index (χ1n) is 9.86. The predicted molar refractivity (Wildman–Crippen MR) is 118 cm³/mol. The molecule has 8 heteroatoms. The molecule has 1 aliphatic heterocycles. The molecule has 1 aliphatic rings. The van der Waals surface area contributed by atoms with Crippen molar-refractivity contribution < 1.29 is 14.3 Å². The fraction of sp³-hybridized carbons (Fsp3) is 0.174. The molecule has 31 heavy (non-hydrogen) atoms. The van der Waals surface area contributed by atoms with Crippen LogP contribution < -0.4 is 20.3 Å². The Balaban J connectivity index is 1.39. The molecule has 2 aromatic carbocycles. The van der Waals surface area contributed by atoms with Crippen molar-refractivity contribution in [2.24, 2.45) is 0 Å². The van der Waals surface area contributed by atoms with Crippen LogP contribution >= 0.6 is 11.6 Å². The van der Waals surface area contributed by atoms with Crippen molar-refractivity contribution in [1.82, 2.24) is 15.6 Å². The number of anilines is 1. The van der Waals surface area contributed by atoms with Gasteiger partial charge >= 0.3 is 6.03 Å². The maximum atomic E-state index is 13.0. The number of halogens is 1. The Labute approximate surface area is 185 Å². The van der Waals surface area contributed by atoms with Crippen LogP contribution in [0.25, 0.3) is 0 Å². The zero-order valence-electron chi connectivity index (χ0n) is 16.7. The molecule has 0 atom stereocenters. The van der Waals surface area contributed by atoms with Crippen molar-refractivity contribution in [3.8, 4) is 11.5 Å². The molecule has 0 spiro atoms. The number of fused-ring (bicyclic) bond motifs is 2. The average Bonchev–Trinajstić information content (AvgIpc) is 2.95. The number of pyridine rings is 1. The number of hydrogen-bond acceptors (Lipinski definition) is 4. The molecule has 0 saturated carbocycles. The van der Waals surface area contributed by atoms with Gasteiger partial charge in [-0.3, -0.25) is 14.7 Å². The summed E-state index contributed by atoms with van der Waals surface area (Å²) < 4.78 is 6.01. The summed E-state index contributed by atoms with van der Waals surface area (Å²) >= 11 is 6.17. The zero-order valence-corrected chi connectivity index (χ0v) is 17.4. The Morgan fingerprint density at radius 3 is 2.68 bits per heavy atom. The third-order valence-electron chi connectivity index (χ3n) is 4.85. The normalized spacial score (nSPS) is 12.1. The van der Waals surface area contributed by atoms with Gasteiger partial charge in [0.25, 0.3) is 0 Å². The van der Waals surface area contributed by atoms with E-state index in [0.717, 1.165) is 11.1 Å². The molecule has 0 bridgehead atoms. The van der Waals surface area contributed by atoms with Crippen LogP contribution in [0.15, 0.2) is 67.0 Å². The van der Waals surface area contributed by atoms with Crippen LogP contribution in [0.1, 0.15) is 17.5 Å². The minimum atomic E-state index is -0.328. The summed E-state index contributed by atoms with van der Waals surface area (Å²) in [6.45, 7) is 0.945. The van der Waals surface area contributed by atoms with Crippen molar-refractivity contribution in [3.05, 3.63) is 83.1 Å². The lowest BCUT2D eigenvalue weighted by atomic mass is 10.2. The predicted octanol–water partition coefficient (Wildman–Crippen LogP) is 4.26. The Morgan fingerprint density at radius 1 is 1.03 bits per heavy atom. The first kappa shape index (κ1) is 20.7. The number of benzene rings is 2. The van der Waals surface area contributed by atoms with Gasteiger partial charge in [0.2, 0.25) is 5.91 Å². The lowest BCUT2D eigenvalue weighted by Gasteiger charge is -2.22. The van der Waals surface area contributed by atoms with Gasteiger partial charge in [-0.1, -0.05) is 29.8 Å². The van der Waals surface area contributed by atoms with Gasteiger partial charge in [-0.25, -0.2) is 4.79 Å². The molecule has 0 fully saturated rings. The van der Waals surface area contributed by atoms with Crippen LogP contribution in [-0.4, -0.2) is 23.5 Å². The quantitative estimate of drug-likeness (QED) is 0.625. The van der Waals surface area contributed by atoms with Crippen LogP contribution in [0.3, 0.4) is 0 Å². The van der Waals surface area contributed by atoms with Crippen molar-refractivity contribution in [2.45, 2.75) is 19.5 Å². The standard InChI is InChI=1S/C23H21ClN4O3/c24-18-5-6-21-19(13-18)28(15-17-3-1-2-4-20(17)31-21)23(30)26-12-9-22(29)27-14-16-7-10-25-11-8-16/h1-8,10-11,13H,9,12,14-15H2,(H,26,30)(H,27,29). The van der Waals surface area contributed by atoms with Gasteiger partial charge in [-0.2, -0.15) is 0 Å². The molecular formula is C23H21ClN4O3. The van der Waals surface area contributed by atoms with Gasteiger partial charge in [0.05, 0.1) is 12.2 Å². The highest BCUT2D eigenvalue weighted by atomic mass is 35.5. The van der Waals surface area contributed by atoms with Crippen molar-refractivity contribution in [3.63, 3.8) is 0 Å². The molecule has 2 heterocycles. The number of rotatable bonds is 5. The maximum absolute atomic E-state index is 13.0. The molecule has 7 nitrogen and oxygen atoms in total. The van der Waals surface area contributed by atoms with E-state index in [-0.39, 0.29) is 24.9 Å². The number of para-hydroxylation sites is 1. The molecule has 4 rings (SSSR count). The molecule has 0 aliphatic carbocycles. The van der Waals surface area contributed by atoms with Gasteiger partial charge in [0.15, 0.2) is 5.75 Å². The molecule has 158 valence electrons. The highest BCUT2D eigenvalue weighted by Gasteiger charge is 2.25. The second-order valence-corrected chi connectivity index (χ2v) is 7.46. The molecule has 1 aromatic heterocycles. The Hall–Kier alpha value is -3.58. The number of hydrogen-bond donors (Lipinski definition) is 2. The van der Waals surface area contributed by atoms with Crippen LogP contribution in [0.5, 0.6) is 11.5 Å². The first-order valence-corrected chi connectivity index (χ1v) is 10.2. The molecule has 3 aromatic rings. The smallest absolute Gasteiger partial charge is 0.322 e. The van der Waals surface area contributed by atoms with Crippen molar-refractivity contribution >= 4 is 29.2 Å². The molecular weight excluding hydrogens is 416 g/mol. The summed E-state index contributed by atoms with van der Waals surface area (Å²) in [6.07, 6.45) is 3.52. The lowest BCUT2D eigenvalue weighted by molar-refractivity contribution is -0.121. The van der Waals surface area contributed by atoms with Crippen molar-refractivity contribution in [1.29, 1.82) is 0 Å². The van der Waals surface area contributed by atoms with E-state index in [0.29, 0.717) is 35.3 Å². The summed E-state index contributed by atoms with van der Waals surface area (Å²) in [7, 11) is 0. The molecule has 0 radical (unpaired) electrons. The van der Waals surface area contributed by atoms with Crippen molar-refractivity contribution in [2.75, 3.05) is 11.4 Å². The van der Waals surface area contributed by atoms with E-state index < -0.39 is 0 Å². The molecule has 3 amide bonds. The van der Waals surface area contributed by atoms with Crippen LogP contribution in [0, 0.1) is 0 Å². The largest absolute Gasteiger partial charge is 0.455 e. The number of aromatic nitrogens is 1.